The van der Waals surface area contributed by atoms with Gasteiger partial charge in [-0.15, -0.1) is 0 Å². The van der Waals surface area contributed by atoms with Crippen LogP contribution in [0, 0.1) is 25.2 Å². The highest BCUT2D eigenvalue weighted by Gasteiger charge is 2.48. The van der Waals surface area contributed by atoms with E-state index in [9.17, 15) is 24.4 Å². The van der Waals surface area contributed by atoms with E-state index < -0.39 is 87.9 Å². The van der Waals surface area contributed by atoms with Crippen LogP contribution in [0.2, 0.25) is 5.02 Å². The van der Waals surface area contributed by atoms with Crippen molar-refractivity contribution in [3.63, 3.8) is 0 Å². The summed E-state index contributed by atoms with van der Waals surface area (Å²) in [5.74, 6) is 1.91. The van der Waals surface area contributed by atoms with Crippen LogP contribution in [0.1, 0.15) is 106 Å². The molecule has 10 rings (SSSR count). The first-order valence-corrected chi connectivity index (χ1v) is 35.0. The fourth-order valence-corrected chi connectivity index (χ4v) is 15.6. The van der Waals surface area contributed by atoms with Crippen molar-refractivity contribution >= 4 is 55.4 Å². The Morgan fingerprint density at radius 3 is 1.85 bits per heavy atom. The number of methoxy groups -OCH3 is 3. The van der Waals surface area contributed by atoms with Gasteiger partial charge in [0, 0.05) is 77.3 Å². The van der Waals surface area contributed by atoms with Gasteiger partial charge in [0.2, 0.25) is 0 Å². The highest BCUT2D eigenvalue weighted by Crippen LogP contribution is 2.53. The highest BCUT2D eigenvalue weighted by molar-refractivity contribution is 7.51. The number of fused-ring (bicyclic) bond motifs is 2. The predicted octanol–water partition coefficient (Wildman–Crippen LogP) is 11.7. The maximum absolute atomic E-state index is 16.3. The molecule has 5 heterocycles. The number of rotatable bonds is 32. The van der Waals surface area contributed by atoms with Crippen LogP contribution >= 0.6 is 27.9 Å². The Morgan fingerprint density at radius 1 is 0.708 bits per heavy atom. The summed E-state index contributed by atoms with van der Waals surface area (Å²) < 4.78 is 85.4. The summed E-state index contributed by atoms with van der Waals surface area (Å²) in [5.41, 5.74) is 1.10. The van der Waals surface area contributed by atoms with E-state index in [0.29, 0.717) is 59.2 Å². The molecule has 2 aliphatic rings. The third kappa shape index (κ3) is 16.5. The number of hydrogen-bond acceptors (Lipinski definition) is 19. The molecule has 0 amide bonds. The van der Waals surface area contributed by atoms with Gasteiger partial charge in [-0.05, 0) is 132 Å². The van der Waals surface area contributed by atoms with E-state index in [1.54, 1.807) is 35.2 Å². The van der Waals surface area contributed by atoms with Crippen LogP contribution in [-0.4, -0.2) is 119 Å². The van der Waals surface area contributed by atoms with Gasteiger partial charge < -0.3 is 42.8 Å². The number of benzene rings is 5. The SMILES string of the molecule is COc1ccc(C(OC[C@H]2O[C@@H](n3cc(C)c(=O)[nH]c3=O)C[C@@H]2O[P@](=O)(NCCCCCNc2c3ccc(Cl)cc3nc3ccc(OC)cc23)OC[C@H]2O[C@@H](n3cc(C)c(=O)[nH]c3=O)C[C@@H]2OP(OCCC#N)N(C(C)C)C(C)C)(c2ccccc2)c2ccc(OC)cc2)cc1. The molecule has 2 fully saturated rings. The lowest BCUT2D eigenvalue weighted by Crippen LogP contribution is -2.39. The van der Waals surface area contributed by atoms with Crippen molar-refractivity contribution < 1.29 is 51.1 Å². The zero-order chi connectivity index (χ0) is 68.3. The van der Waals surface area contributed by atoms with Gasteiger partial charge >= 0.3 is 19.1 Å². The maximum atomic E-state index is 16.3. The maximum Gasteiger partial charge on any atom is 0.405 e. The third-order valence-corrected chi connectivity index (χ3v) is 20.9. The van der Waals surface area contributed by atoms with Crippen LogP contribution in [0.15, 0.2) is 147 Å². The molecule has 96 heavy (non-hydrogen) atoms. The number of unbranched alkanes of at least 4 members (excludes halogenated alkanes) is 2. The van der Waals surface area contributed by atoms with Gasteiger partial charge in [0.1, 0.15) is 53.6 Å². The van der Waals surface area contributed by atoms with Gasteiger partial charge in [0.15, 0.2) is 0 Å². The quantitative estimate of drug-likeness (QED) is 0.0132. The number of halogens is 1. The standard InChI is InChI=1S/C69H82ClN9O15P2/c1-43(2)79(44(3)4)95(89-34-16-31-71)93-58-37-62(77-39-45(5)65(80)75-67(77)82)92-61(58)42-90-96(84,73-33-15-11-14-32-72-64-54-29-23-50(70)35-57(54)74-56-30-28-53(87-9)36-55(56)64)94-59-38-63(78-40-46(6)66(81)76-68(78)83)91-60(59)41-88-69(47-17-12-10-13-18-47,48-19-24-51(85-7)25-20-48)49-21-26-52(86-8)27-22-49/h10,12-13,17-30,35-36,39-40,43-44,58-63H,11,14-16,32-34,37-38,41-42H2,1-9H3,(H,72,74)(H,73,84)(H,75,80,82)(H,76,81,83)/t58-,59-,60+,61+,62+,63+,95?,96-/m0/s1. The average molecular weight is 1370 g/mol. The molecule has 8 atom stereocenters. The van der Waals surface area contributed by atoms with E-state index in [1.165, 1.54) is 21.5 Å². The normalized spacial score (nSPS) is 19.1. The third-order valence-electron chi connectivity index (χ3n) is 16.9. The second kappa shape index (κ2) is 32.2. The average Bonchev–Trinajstić information content (AvgIpc) is 0.853. The van der Waals surface area contributed by atoms with Gasteiger partial charge in [0.25, 0.3) is 19.6 Å². The van der Waals surface area contributed by atoms with Crippen LogP contribution in [0.3, 0.4) is 0 Å². The molecule has 4 N–H and O–H groups in total. The fourth-order valence-electron chi connectivity index (χ4n) is 12.1. The Bertz CT molecular complexity index is 4250. The zero-order valence-electron chi connectivity index (χ0n) is 55.2. The Hall–Kier alpha value is -7.59. The van der Waals surface area contributed by atoms with E-state index in [1.807, 2.05) is 143 Å². The summed E-state index contributed by atoms with van der Waals surface area (Å²) in [7, 11) is -1.72. The summed E-state index contributed by atoms with van der Waals surface area (Å²) in [6.45, 7) is 11.2. The molecule has 0 radical (unpaired) electrons. The van der Waals surface area contributed by atoms with Crippen LogP contribution in [-0.2, 0) is 42.5 Å². The molecule has 8 aromatic rings. The first kappa shape index (κ1) is 71.2. The van der Waals surface area contributed by atoms with Gasteiger partial charge in [-0.25, -0.2) is 28.9 Å². The van der Waals surface area contributed by atoms with Crippen molar-refractivity contribution in [1.82, 2.24) is 33.8 Å². The van der Waals surface area contributed by atoms with E-state index >= 15 is 4.57 Å². The Balaban J connectivity index is 0.993. The van der Waals surface area contributed by atoms with Crippen molar-refractivity contribution in [2.24, 2.45) is 0 Å². The number of aromatic amines is 2. The molecule has 0 saturated carbocycles. The lowest BCUT2D eigenvalue weighted by Gasteiger charge is -2.37. The molecular formula is C69H82ClN9O15P2. The number of pyridine rings is 1. The van der Waals surface area contributed by atoms with Crippen LogP contribution in [0.25, 0.3) is 21.8 Å². The van der Waals surface area contributed by atoms with Crippen LogP contribution in [0.4, 0.5) is 5.69 Å². The highest BCUT2D eigenvalue weighted by atomic mass is 35.5. The monoisotopic (exact) mass is 1370 g/mol. The molecular weight excluding hydrogens is 1290 g/mol. The molecule has 0 spiro atoms. The van der Waals surface area contributed by atoms with E-state index in [-0.39, 0.29) is 62.2 Å². The number of aromatic nitrogens is 5. The summed E-state index contributed by atoms with van der Waals surface area (Å²) in [6, 6.07) is 37.9. The molecule has 3 aromatic heterocycles. The Morgan fingerprint density at radius 2 is 1.27 bits per heavy atom. The molecule has 0 bridgehead atoms. The van der Waals surface area contributed by atoms with Gasteiger partial charge in [-0.2, -0.15) is 5.26 Å². The summed E-state index contributed by atoms with van der Waals surface area (Å²) in [4.78, 5) is 62.5. The number of aryl methyl sites for hydroxylation is 2. The van der Waals surface area contributed by atoms with Crippen molar-refractivity contribution in [3.05, 3.63) is 202 Å². The van der Waals surface area contributed by atoms with E-state index in [4.69, 9.17) is 63.1 Å². The number of H-pyrrole nitrogens is 2. The fraction of sp³-hybridized carbons (Fsp3) is 0.420. The molecule has 24 nitrogen and oxygen atoms in total. The van der Waals surface area contributed by atoms with E-state index in [2.05, 4.69) is 31.1 Å². The summed E-state index contributed by atoms with van der Waals surface area (Å²) >= 11 is 6.45. The van der Waals surface area contributed by atoms with Crippen LogP contribution in [0.5, 0.6) is 17.2 Å². The minimum absolute atomic E-state index is 0.0549. The first-order valence-electron chi connectivity index (χ1n) is 31.9. The molecule has 1 unspecified atom stereocenters. The van der Waals surface area contributed by atoms with Gasteiger partial charge in [-0.1, -0.05) is 72.6 Å². The largest absolute Gasteiger partial charge is 0.497 e. The molecule has 2 saturated heterocycles. The number of nitriles is 1. The van der Waals surface area contributed by atoms with Gasteiger partial charge in [-0.3, -0.25) is 37.7 Å². The second-order valence-electron chi connectivity index (χ2n) is 24.1. The van der Waals surface area contributed by atoms with Crippen molar-refractivity contribution in [2.75, 3.05) is 59.6 Å². The van der Waals surface area contributed by atoms with Crippen LogP contribution < -0.4 is 47.1 Å². The minimum Gasteiger partial charge on any atom is -0.497 e. The Labute approximate surface area is 562 Å². The zero-order valence-corrected chi connectivity index (χ0v) is 57.7. The molecule has 510 valence electrons. The number of nitrogens with zero attached hydrogens (tertiary/aromatic N) is 5. The first-order chi connectivity index (χ1) is 46.2. The number of nitrogens with one attached hydrogen (secondary N) is 4. The van der Waals surface area contributed by atoms with E-state index in [0.717, 1.165) is 33.1 Å². The van der Waals surface area contributed by atoms with Crippen molar-refractivity contribution in [3.8, 4) is 23.3 Å². The number of anilines is 1. The number of ether oxygens (including phenoxy) is 6. The number of hydrogen-bond donors (Lipinski definition) is 4. The lowest BCUT2D eigenvalue weighted by molar-refractivity contribution is -0.0936. The summed E-state index contributed by atoms with van der Waals surface area (Å²) in [5, 5.41) is 18.7. The Kier molecular flexibility index (Phi) is 23.9. The minimum atomic E-state index is -4.61. The van der Waals surface area contributed by atoms with Crippen molar-refractivity contribution in [2.45, 2.75) is 135 Å². The lowest BCUT2D eigenvalue weighted by atomic mass is 9.80. The molecule has 27 heteroatoms. The molecule has 2 aliphatic heterocycles. The second-order valence-corrected chi connectivity index (χ2v) is 27.7. The molecule has 5 aromatic carbocycles. The predicted molar refractivity (Wildman–Crippen MR) is 367 cm³/mol. The van der Waals surface area contributed by atoms with Gasteiger partial charge in [0.05, 0.1) is 76.5 Å². The van der Waals surface area contributed by atoms with Crippen molar-refractivity contribution in [1.29, 1.82) is 5.26 Å². The summed E-state index contributed by atoms with van der Waals surface area (Å²) in [6.07, 6.45) is -1.63. The smallest absolute Gasteiger partial charge is 0.405 e. The molecule has 0 aliphatic carbocycles. The topological polar surface area (TPSA) is 283 Å².